The maximum atomic E-state index is 13.0. The van der Waals surface area contributed by atoms with E-state index in [9.17, 15) is 13.2 Å². The molecular formula is C21H33F3IN5O. The molecular weight excluding hydrogens is 522 g/mol. The minimum absolute atomic E-state index is 0. The molecule has 2 fully saturated rings. The lowest BCUT2D eigenvalue weighted by atomic mass is 10.0. The molecule has 31 heavy (non-hydrogen) atoms. The Morgan fingerprint density at radius 1 is 1.23 bits per heavy atom. The highest BCUT2D eigenvalue weighted by molar-refractivity contribution is 14.0. The van der Waals surface area contributed by atoms with Gasteiger partial charge in [0.1, 0.15) is 12.2 Å². The molecule has 1 aliphatic carbocycles. The van der Waals surface area contributed by atoms with Crippen molar-refractivity contribution in [3.63, 3.8) is 0 Å². The number of aliphatic imine (C=N–C) groups is 1. The minimum atomic E-state index is -4.49. The van der Waals surface area contributed by atoms with E-state index in [2.05, 4.69) is 25.5 Å². The van der Waals surface area contributed by atoms with Crippen molar-refractivity contribution in [1.29, 1.82) is 0 Å². The summed E-state index contributed by atoms with van der Waals surface area (Å²) in [5.74, 6) is 0.273. The molecule has 2 N–H and O–H groups in total. The van der Waals surface area contributed by atoms with Gasteiger partial charge in [0.15, 0.2) is 5.96 Å². The molecule has 0 unspecified atom stereocenters. The number of piperidine rings is 1. The molecule has 0 aromatic carbocycles. The highest BCUT2D eigenvalue weighted by Gasteiger charge is 2.35. The number of ether oxygens (including phenoxy) is 1. The highest BCUT2D eigenvalue weighted by Crippen LogP contribution is 2.34. The van der Waals surface area contributed by atoms with Crippen molar-refractivity contribution in [2.24, 2.45) is 4.99 Å². The van der Waals surface area contributed by atoms with Crippen LogP contribution >= 0.6 is 24.0 Å². The number of pyridine rings is 1. The second-order valence-corrected chi connectivity index (χ2v) is 7.86. The number of guanidine groups is 1. The number of hydrogen-bond acceptors (Lipinski definition) is 4. The average molecular weight is 555 g/mol. The molecule has 2 aliphatic rings. The summed E-state index contributed by atoms with van der Waals surface area (Å²) in [7, 11) is 0. The van der Waals surface area contributed by atoms with Gasteiger partial charge in [-0.1, -0.05) is 12.8 Å². The lowest BCUT2D eigenvalue weighted by molar-refractivity contribution is -0.139. The van der Waals surface area contributed by atoms with Crippen LogP contribution in [0.4, 0.5) is 13.2 Å². The zero-order valence-corrected chi connectivity index (χ0v) is 20.3. The minimum Gasteiger partial charge on any atom is -0.475 e. The van der Waals surface area contributed by atoms with Crippen LogP contribution in [0.25, 0.3) is 0 Å². The molecule has 1 saturated carbocycles. The number of nitrogens with zero attached hydrogens (tertiary/aromatic N) is 3. The number of hydrogen-bond donors (Lipinski definition) is 2. The molecule has 0 amide bonds. The lowest BCUT2D eigenvalue weighted by Crippen LogP contribution is -2.50. The molecule has 1 saturated heterocycles. The molecule has 1 aliphatic heterocycles. The topological polar surface area (TPSA) is 61.8 Å². The van der Waals surface area contributed by atoms with Crippen LogP contribution in [0.1, 0.15) is 51.0 Å². The number of aromatic nitrogens is 1. The van der Waals surface area contributed by atoms with Gasteiger partial charge in [0.05, 0.1) is 6.54 Å². The van der Waals surface area contributed by atoms with E-state index in [1.165, 1.54) is 37.9 Å². The maximum absolute atomic E-state index is 13.0. The first-order valence-corrected chi connectivity index (χ1v) is 10.9. The largest absolute Gasteiger partial charge is 0.475 e. The fourth-order valence-electron chi connectivity index (χ4n) is 4.21. The van der Waals surface area contributed by atoms with Crippen molar-refractivity contribution in [1.82, 2.24) is 20.5 Å². The predicted molar refractivity (Wildman–Crippen MR) is 126 cm³/mol. The molecule has 6 nitrogen and oxygen atoms in total. The fraction of sp³-hybridized carbons (Fsp3) is 0.714. The summed E-state index contributed by atoms with van der Waals surface area (Å²) < 4.78 is 44.3. The van der Waals surface area contributed by atoms with Gasteiger partial charge < -0.3 is 20.3 Å². The first-order valence-electron chi connectivity index (χ1n) is 10.9. The second-order valence-electron chi connectivity index (χ2n) is 7.86. The Kier molecular flexibility index (Phi) is 10.6. The normalized spacial score (nSPS) is 19.2. The van der Waals surface area contributed by atoms with Crippen LogP contribution in [-0.4, -0.2) is 60.7 Å². The van der Waals surface area contributed by atoms with E-state index in [4.69, 9.17) is 4.74 Å². The third-order valence-electron chi connectivity index (χ3n) is 5.73. The second kappa shape index (κ2) is 12.7. The van der Waals surface area contributed by atoms with Gasteiger partial charge in [-0.3, -0.25) is 0 Å². The summed E-state index contributed by atoms with van der Waals surface area (Å²) in [6.07, 6.45) is 4.30. The summed E-state index contributed by atoms with van der Waals surface area (Å²) in [5.41, 5.74) is -0.868. The van der Waals surface area contributed by atoms with E-state index in [-0.39, 0.29) is 37.1 Å². The summed E-state index contributed by atoms with van der Waals surface area (Å²) in [5, 5.41) is 6.67. The van der Waals surface area contributed by atoms with Crippen LogP contribution in [0, 0.1) is 0 Å². The molecule has 0 radical (unpaired) electrons. The van der Waals surface area contributed by atoms with Crippen molar-refractivity contribution in [3.8, 4) is 5.88 Å². The van der Waals surface area contributed by atoms with Crippen LogP contribution in [0.3, 0.4) is 0 Å². The zero-order chi connectivity index (χ0) is 21.4. The number of likely N-dealkylation sites (tertiary alicyclic amines) is 1. The molecule has 1 aromatic rings. The van der Waals surface area contributed by atoms with E-state index in [1.54, 1.807) is 0 Å². The van der Waals surface area contributed by atoms with E-state index in [0.29, 0.717) is 18.5 Å². The Morgan fingerprint density at radius 2 is 1.94 bits per heavy atom. The molecule has 1 aromatic heterocycles. The van der Waals surface area contributed by atoms with Crippen LogP contribution in [0.5, 0.6) is 5.88 Å². The molecule has 2 heterocycles. The maximum Gasteiger partial charge on any atom is 0.421 e. The van der Waals surface area contributed by atoms with Crippen LogP contribution in [0.2, 0.25) is 0 Å². The van der Waals surface area contributed by atoms with Gasteiger partial charge in [-0.15, -0.1) is 24.0 Å². The van der Waals surface area contributed by atoms with E-state index in [0.717, 1.165) is 38.0 Å². The van der Waals surface area contributed by atoms with Gasteiger partial charge in [0, 0.05) is 37.9 Å². The monoisotopic (exact) mass is 555 g/mol. The zero-order valence-electron chi connectivity index (χ0n) is 18.0. The Labute approximate surface area is 199 Å². The molecule has 0 atom stereocenters. The third-order valence-corrected chi connectivity index (χ3v) is 5.73. The Balaban J connectivity index is 0.00000341. The first-order chi connectivity index (χ1) is 14.5. The summed E-state index contributed by atoms with van der Waals surface area (Å²) >= 11 is 0. The highest BCUT2D eigenvalue weighted by atomic mass is 127. The quantitative estimate of drug-likeness (QED) is 0.230. The van der Waals surface area contributed by atoms with Gasteiger partial charge in [-0.25, -0.2) is 9.98 Å². The van der Waals surface area contributed by atoms with Crippen molar-refractivity contribution < 1.29 is 17.9 Å². The van der Waals surface area contributed by atoms with Gasteiger partial charge in [0.2, 0.25) is 5.88 Å². The molecule has 176 valence electrons. The van der Waals surface area contributed by atoms with Crippen molar-refractivity contribution in [2.75, 3.05) is 32.8 Å². The fourth-order valence-corrected chi connectivity index (χ4v) is 4.21. The van der Waals surface area contributed by atoms with Crippen molar-refractivity contribution >= 4 is 29.9 Å². The molecule has 3 rings (SSSR count). The van der Waals surface area contributed by atoms with Crippen LogP contribution < -0.4 is 15.4 Å². The molecule has 0 bridgehead atoms. The predicted octanol–water partition coefficient (Wildman–Crippen LogP) is 4.06. The Hall–Kier alpha value is -1.30. The number of rotatable bonds is 7. The van der Waals surface area contributed by atoms with Gasteiger partial charge in [-0.2, -0.15) is 13.2 Å². The van der Waals surface area contributed by atoms with Crippen molar-refractivity contribution in [3.05, 3.63) is 23.9 Å². The number of nitrogens with one attached hydrogen (secondary N) is 2. The summed E-state index contributed by atoms with van der Waals surface area (Å²) in [6, 6.07) is 3.33. The lowest BCUT2D eigenvalue weighted by Gasteiger charge is -2.36. The van der Waals surface area contributed by atoms with Crippen LogP contribution in [-0.2, 0) is 6.18 Å². The first kappa shape index (κ1) is 26.0. The van der Waals surface area contributed by atoms with Crippen molar-refractivity contribution in [2.45, 2.75) is 63.7 Å². The molecule has 10 heteroatoms. The smallest absolute Gasteiger partial charge is 0.421 e. The standard InChI is InChI=1S/C21H32F3N5O.HI/c1-2-25-20(28-16-9-13-29(14-10-16)17-6-3-4-7-17)27-12-15-30-19-18(21(22,23)24)8-5-11-26-19;/h5,8,11,16-17H,2-4,6-7,9-10,12-15H2,1H3,(H2,25,27,28);1H. The summed E-state index contributed by atoms with van der Waals surface area (Å²) in [6.45, 7) is 5.17. The Bertz CT molecular complexity index is 690. The van der Waals surface area contributed by atoms with E-state index in [1.807, 2.05) is 6.92 Å². The third kappa shape index (κ3) is 7.96. The van der Waals surface area contributed by atoms with Crippen LogP contribution in [0.15, 0.2) is 23.3 Å². The van der Waals surface area contributed by atoms with Gasteiger partial charge in [0.25, 0.3) is 0 Å². The van der Waals surface area contributed by atoms with Gasteiger partial charge >= 0.3 is 6.18 Å². The number of halogens is 4. The molecule has 0 spiro atoms. The Morgan fingerprint density at radius 3 is 2.58 bits per heavy atom. The van der Waals surface area contributed by atoms with Gasteiger partial charge in [-0.05, 0) is 44.7 Å². The van der Waals surface area contributed by atoms with E-state index >= 15 is 0 Å². The average Bonchev–Trinajstić information content (AvgIpc) is 3.26. The summed E-state index contributed by atoms with van der Waals surface area (Å²) in [4.78, 5) is 10.8. The SMILES string of the molecule is CCNC(=NCCOc1ncccc1C(F)(F)F)NC1CCN(C2CCCC2)CC1.I. The van der Waals surface area contributed by atoms with E-state index < -0.39 is 17.6 Å². The number of alkyl halides is 3.